The van der Waals surface area contributed by atoms with Crippen molar-refractivity contribution in [3.63, 3.8) is 0 Å². The summed E-state index contributed by atoms with van der Waals surface area (Å²) in [5, 5.41) is 0. The van der Waals surface area contributed by atoms with Crippen LogP contribution in [-0.2, 0) is 12.4 Å². The van der Waals surface area contributed by atoms with Gasteiger partial charge in [-0.2, -0.15) is 30.7 Å². The summed E-state index contributed by atoms with van der Waals surface area (Å²) >= 11 is 0. The highest BCUT2D eigenvalue weighted by Crippen LogP contribution is 2.50. The molecule has 3 aromatic rings. The van der Waals surface area contributed by atoms with Gasteiger partial charge in [0.05, 0.1) is 11.4 Å². The third kappa shape index (κ3) is 5.12. The lowest BCUT2D eigenvalue weighted by atomic mass is 10.1. The van der Waals surface area contributed by atoms with Crippen molar-refractivity contribution in [2.45, 2.75) is 12.4 Å². The molecular weight excluding hydrogens is 509 g/mol. The van der Waals surface area contributed by atoms with Gasteiger partial charge in [0.15, 0.2) is 34.6 Å². The molecule has 188 valence electrons. The molecule has 3 rings (SSSR count). The number of alkyl halides is 6. The Balaban J connectivity index is 2.31. The number of ether oxygens (including phenoxy) is 2. The van der Waals surface area contributed by atoms with Crippen molar-refractivity contribution in [3.8, 4) is 23.0 Å². The van der Waals surface area contributed by atoms with Crippen LogP contribution < -0.4 is 20.9 Å². The molecular formula is C20H9F11N2O2. The van der Waals surface area contributed by atoms with E-state index in [2.05, 4.69) is 9.47 Å². The number of hydrogen-bond acceptors (Lipinski definition) is 4. The van der Waals surface area contributed by atoms with Crippen LogP contribution in [-0.4, -0.2) is 0 Å². The molecule has 0 heterocycles. The average molecular weight is 518 g/mol. The Morgan fingerprint density at radius 3 is 1.17 bits per heavy atom. The van der Waals surface area contributed by atoms with Crippen LogP contribution in [0.4, 0.5) is 59.7 Å². The number of nitrogen functional groups attached to an aromatic ring is 2. The quantitative estimate of drug-likeness (QED) is 0.284. The molecule has 0 aliphatic rings. The molecule has 0 saturated carbocycles. The Bertz CT molecular complexity index is 1210. The summed E-state index contributed by atoms with van der Waals surface area (Å²) in [4.78, 5) is 0. The van der Waals surface area contributed by atoms with Gasteiger partial charge in [-0.25, -0.2) is 17.6 Å². The van der Waals surface area contributed by atoms with Gasteiger partial charge < -0.3 is 20.9 Å². The predicted molar refractivity (Wildman–Crippen MR) is 98.1 cm³/mol. The molecule has 0 aliphatic heterocycles. The Kier molecular flexibility index (Phi) is 6.39. The molecule has 0 spiro atoms. The molecule has 0 radical (unpaired) electrons. The van der Waals surface area contributed by atoms with Crippen LogP contribution in [0, 0.1) is 29.1 Å². The lowest BCUT2D eigenvalue weighted by Crippen LogP contribution is -2.16. The summed E-state index contributed by atoms with van der Waals surface area (Å²) in [6.07, 6.45) is -11.4. The molecule has 4 nitrogen and oxygen atoms in total. The highest BCUT2D eigenvalue weighted by atomic mass is 19.4. The van der Waals surface area contributed by atoms with Crippen LogP contribution in [0.25, 0.3) is 0 Å². The molecule has 35 heavy (non-hydrogen) atoms. The lowest BCUT2D eigenvalue weighted by Gasteiger charge is -2.21. The summed E-state index contributed by atoms with van der Waals surface area (Å²) in [7, 11) is 0. The van der Waals surface area contributed by atoms with Crippen LogP contribution in [0.1, 0.15) is 11.1 Å². The highest BCUT2D eigenvalue weighted by molar-refractivity contribution is 5.56. The highest BCUT2D eigenvalue weighted by Gasteiger charge is 2.45. The fraction of sp³-hybridized carbons (Fsp3) is 0.100. The number of nitrogens with two attached hydrogens (primary N) is 2. The van der Waals surface area contributed by atoms with E-state index in [9.17, 15) is 43.9 Å². The molecule has 4 N–H and O–H groups in total. The van der Waals surface area contributed by atoms with Crippen molar-refractivity contribution in [1.29, 1.82) is 0 Å². The minimum absolute atomic E-state index is 0.0635. The maximum absolute atomic E-state index is 15.1. The monoisotopic (exact) mass is 518 g/mol. The molecule has 15 heteroatoms. The first kappa shape index (κ1) is 25.7. The third-order valence-electron chi connectivity index (χ3n) is 4.31. The van der Waals surface area contributed by atoms with E-state index >= 15 is 4.39 Å². The van der Waals surface area contributed by atoms with Gasteiger partial charge in [-0.15, -0.1) is 0 Å². The maximum atomic E-state index is 15.1. The van der Waals surface area contributed by atoms with Gasteiger partial charge in [-0.3, -0.25) is 0 Å². The zero-order valence-electron chi connectivity index (χ0n) is 16.5. The van der Waals surface area contributed by atoms with Gasteiger partial charge in [0, 0.05) is 24.3 Å². The second kappa shape index (κ2) is 8.70. The molecule has 0 unspecified atom stereocenters. The van der Waals surface area contributed by atoms with Crippen LogP contribution in [0.2, 0.25) is 0 Å². The van der Waals surface area contributed by atoms with E-state index in [0.29, 0.717) is 12.1 Å². The van der Waals surface area contributed by atoms with E-state index < -0.39 is 93.0 Å². The molecule has 0 fully saturated rings. The molecule has 0 atom stereocenters. The van der Waals surface area contributed by atoms with Gasteiger partial charge in [0.25, 0.3) is 0 Å². The summed E-state index contributed by atoms with van der Waals surface area (Å²) in [6, 6.07) is 0.108. The van der Waals surface area contributed by atoms with Crippen molar-refractivity contribution in [2.24, 2.45) is 0 Å². The molecule has 0 aromatic heterocycles. The van der Waals surface area contributed by atoms with Crippen molar-refractivity contribution >= 4 is 11.4 Å². The molecule has 0 amide bonds. The number of hydrogen-bond donors (Lipinski definition) is 2. The summed E-state index contributed by atoms with van der Waals surface area (Å²) < 4.78 is 160. The van der Waals surface area contributed by atoms with Crippen LogP contribution in [0.5, 0.6) is 23.0 Å². The topological polar surface area (TPSA) is 70.5 Å². The van der Waals surface area contributed by atoms with Gasteiger partial charge >= 0.3 is 12.4 Å². The van der Waals surface area contributed by atoms with E-state index in [1.807, 2.05) is 0 Å². The van der Waals surface area contributed by atoms with Crippen molar-refractivity contribution < 1.29 is 57.8 Å². The number of anilines is 2. The Hall–Kier alpha value is -3.91. The fourth-order valence-corrected chi connectivity index (χ4v) is 2.70. The molecule has 0 bridgehead atoms. The SMILES string of the molecule is Nc1cc(Oc2c(C(F)(F)F)cc(C(F)(F)F)c(Oc3cc(N)c(F)cc3F)c2F)c(F)cc1F. The van der Waals surface area contributed by atoms with Crippen LogP contribution in [0.15, 0.2) is 30.3 Å². The third-order valence-corrected chi connectivity index (χ3v) is 4.31. The van der Waals surface area contributed by atoms with Crippen molar-refractivity contribution in [3.05, 3.63) is 70.5 Å². The van der Waals surface area contributed by atoms with E-state index in [0.717, 1.165) is 0 Å². The normalized spacial score (nSPS) is 12.1. The summed E-state index contributed by atoms with van der Waals surface area (Å²) in [5.74, 6) is -15.3. The van der Waals surface area contributed by atoms with E-state index in [1.165, 1.54) is 0 Å². The molecule has 0 aliphatic carbocycles. The van der Waals surface area contributed by atoms with Crippen molar-refractivity contribution in [1.82, 2.24) is 0 Å². The second-order valence-corrected chi connectivity index (χ2v) is 6.75. The second-order valence-electron chi connectivity index (χ2n) is 6.75. The lowest BCUT2D eigenvalue weighted by molar-refractivity contribution is -0.144. The minimum Gasteiger partial charge on any atom is -0.450 e. The molecule has 0 saturated heterocycles. The first-order chi connectivity index (χ1) is 16.0. The van der Waals surface area contributed by atoms with Gasteiger partial charge in [-0.05, 0) is 6.07 Å². The van der Waals surface area contributed by atoms with Crippen LogP contribution >= 0.6 is 0 Å². The largest absolute Gasteiger partial charge is 0.450 e. The van der Waals surface area contributed by atoms with Crippen LogP contribution in [0.3, 0.4) is 0 Å². The summed E-state index contributed by atoms with van der Waals surface area (Å²) in [5.41, 5.74) is 3.86. The molecule has 3 aromatic carbocycles. The zero-order chi connectivity index (χ0) is 26.5. The number of halogens is 11. The first-order valence-electron chi connectivity index (χ1n) is 8.86. The van der Waals surface area contributed by atoms with Crippen molar-refractivity contribution in [2.75, 3.05) is 11.5 Å². The Labute approximate surface area is 187 Å². The Morgan fingerprint density at radius 1 is 0.514 bits per heavy atom. The number of rotatable bonds is 4. The Morgan fingerprint density at radius 2 is 0.857 bits per heavy atom. The van der Waals surface area contributed by atoms with E-state index in [1.54, 1.807) is 0 Å². The van der Waals surface area contributed by atoms with Gasteiger partial charge in [-0.1, -0.05) is 0 Å². The zero-order valence-corrected chi connectivity index (χ0v) is 16.5. The fourth-order valence-electron chi connectivity index (χ4n) is 2.70. The minimum atomic E-state index is -5.71. The standard InChI is InChI=1S/C20H9F11N2O2/c21-8-2-10(23)14(4-12(8)32)34-17-6(19(26,27)28)1-7(20(29,30)31)18(16(17)25)35-15-5-13(33)9(22)3-11(15)24/h1-5H,32-33H2. The van der Waals surface area contributed by atoms with Gasteiger partial charge in [0.2, 0.25) is 5.82 Å². The summed E-state index contributed by atoms with van der Waals surface area (Å²) in [6.45, 7) is 0. The first-order valence-corrected chi connectivity index (χ1v) is 8.86. The van der Waals surface area contributed by atoms with Gasteiger partial charge in [0.1, 0.15) is 22.8 Å². The van der Waals surface area contributed by atoms with E-state index in [4.69, 9.17) is 11.5 Å². The number of benzene rings is 3. The maximum Gasteiger partial charge on any atom is 0.420 e. The average Bonchev–Trinajstić information content (AvgIpc) is 2.70. The van der Waals surface area contributed by atoms with E-state index in [-0.39, 0.29) is 12.1 Å². The predicted octanol–water partition coefficient (Wildman–Crippen LogP) is 7.17. The smallest absolute Gasteiger partial charge is 0.420 e.